The highest BCUT2D eigenvalue weighted by molar-refractivity contribution is 5.95. The number of rotatable bonds is 7. The van der Waals surface area contributed by atoms with Crippen molar-refractivity contribution in [1.29, 1.82) is 5.26 Å². The molecule has 2 heterocycles. The zero-order chi connectivity index (χ0) is 21.1. The molecule has 1 aromatic carbocycles. The summed E-state index contributed by atoms with van der Waals surface area (Å²) in [6.45, 7) is 3.84. The topological polar surface area (TPSA) is 94.9 Å². The second-order valence-electron chi connectivity index (χ2n) is 8.52. The molecule has 8 heteroatoms. The number of amides is 2. The first-order chi connectivity index (χ1) is 14.5. The van der Waals surface area contributed by atoms with Crippen LogP contribution in [-0.2, 0) is 14.3 Å². The third-order valence-electron chi connectivity index (χ3n) is 6.06. The number of nitrogens with zero attached hydrogens (tertiary/aromatic N) is 3. The molecular formula is C22H28N4O4. The molecule has 30 heavy (non-hydrogen) atoms. The lowest BCUT2D eigenvalue weighted by Gasteiger charge is -2.55. The minimum absolute atomic E-state index is 0.0249. The number of benzene rings is 1. The third-order valence-corrected chi connectivity index (χ3v) is 6.06. The van der Waals surface area contributed by atoms with Crippen LogP contribution in [0, 0.1) is 17.2 Å². The van der Waals surface area contributed by atoms with Gasteiger partial charge in [-0.3, -0.25) is 14.5 Å². The van der Waals surface area contributed by atoms with Crippen molar-refractivity contribution in [1.82, 2.24) is 15.1 Å². The fourth-order valence-electron chi connectivity index (χ4n) is 4.24. The lowest BCUT2D eigenvalue weighted by atomic mass is 9.89. The van der Waals surface area contributed by atoms with Crippen molar-refractivity contribution in [3.05, 3.63) is 35.4 Å². The van der Waals surface area contributed by atoms with Gasteiger partial charge in [-0.1, -0.05) is 6.07 Å². The van der Waals surface area contributed by atoms with E-state index in [1.807, 2.05) is 0 Å². The van der Waals surface area contributed by atoms with Gasteiger partial charge in [-0.05, 0) is 37.0 Å². The van der Waals surface area contributed by atoms with Crippen LogP contribution < -0.4 is 5.32 Å². The molecule has 1 N–H and O–H groups in total. The predicted molar refractivity (Wildman–Crippen MR) is 109 cm³/mol. The number of hydrogen-bond donors (Lipinski definition) is 1. The zero-order valence-corrected chi connectivity index (χ0v) is 17.3. The summed E-state index contributed by atoms with van der Waals surface area (Å²) in [7, 11) is 1.61. The van der Waals surface area contributed by atoms with Crippen LogP contribution in [0.1, 0.15) is 28.8 Å². The van der Waals surface area contributed by atoms with Gasteiger partial charge in [-0.15, -0.1) is 0 Å². The SMILES string of the molecule is COCCNC(=O)C1COC2(CN(C(=O)c3cccc(C#N)c3)C2)CN1CC1CC1. The molecule has 1 aromatic rings. The molecule has 8 nitrogen and oxygen atoms in total. The normalized spacial score (nSPS) is 22.9. The van der Waals surface area contributed by atoms with Gasteiger partial charge in [0, 0.05) is 32.3 Å². The van der Waals surface area contributed by atoms with Crippen molar-refractivity contribution < 1.29 is 19.1 Å². The van der Waals surface area contributed by atoms with Gasteiger partial charge in [-0.25, -0.2) is 0 Å². The van der Waals surface area contributed by atoms with Crippen LogP contribution in [0.3, 0.4) is 0 Å². The number of nitrogens with one attached hydrogen (secondary N) is 1. The Labute approximate surface area is 176 Å². The summed E-state index contributed by atoms with van der Waals surface area (Å²) in [5.41, 5.74) is 0.577. The molecule has 2 amide bonds. The lowest BCUT2D eigenvalue weighted by Crippen LogP contribution is -2.73. The Hall–Kier alpha value is -2.47. The number of nitriles is 1. The fraction of sp³-hybridized carbons (Fsp3) is 0.591. The molecule has 1 spiro atoms. The Bertz CT molecular complexity index is 842. The number of methoxy groups -OCH3 is 1. The van der Waals surface area contributed by atoms with Crippen molar-refractivity contribution in [2.45, 2.75) is 24.5 Å². The summed E-state index contributed by atoms with van der Waals surface area (Å²) in [5, 5.41) is 12.0. The zero-order valence-electron chi connectivity index (χ0n) is 17.3. The maximum Gasteiger partial charge on any atom is 0.254 e. The van der Waals surface area contributed by atoms with Gasteiger partial charge in [0.05, 0.1) is 37.9 Å². The van der Waals surface area contributed by atoms with Gasteiger partial charge in [0.25, 0.3) is 5.91 Å². The van der Waals surface area contributed by atoms with Crippen LogP contribution >= 0.6 is 0 Å². The highest BCUT2D eigenvalue weighted by Gasteiger charge is 2.52. The minimum atomic E-state index is -0.416. The molecule has 3 aliphatic rings. The van der Waals surface area contributed by atoms with Gasteiger partial charge in [0.15, 0.2) is 0 Å². The van der Waals surface area contributed by atoms with Crippen molar-refractivity contribution in [2.24, 2.45) is 5.92 Å². The third kappa shape index (κ3) is 4.48. The summed E-state index contributed by atoms with van der Waals surface area (Å²) < 4.78 is 11.2. The summed E-state index contributed by atoms with van der Waals surface area (Å²) in [6.07, 6.45) is 2.42. The van der Waals surface area contributed by atoms with Gasteiger partial charge in [-0.2, -0.15) is 5.26 Å². The smallest absolute Gasteiger partial charge is 0.254 e. The molecule has 1 aliphatic carbocycles. The molecule has 0 aromatic heterocycles. The average Bonchev–Trinajstić information content (AvgIpc) is 3.55. The summed E-state index contributed by atoms with van der Waals surface area (Å²) >= 11 is 0. The quantitative estimate of drug-likeness (QED) is 0.660. The van der Waals surface area contributed by atoms with Crippen LogP contribution in [0.4, 0.5) is 0 Å². The van der Waals surface area contributed by atoms with Crippen LogP contribution in [0.15, 0.2) is 24.3 Å². The molecule has 1 unspecified atom stereocenters. The highest BCUT2D eigenvalue weighted by atomic mass is 16.5. The first-order valence-electron chi connectivity index (χ1n) is 10.5. The molecule has 160 valence electrons. The Morgan fingerprint density at radius 1 is 1.33 bits per heavy atom. The van der Waals surface area contributed by atoms with Crippen molar-refractivity contribution in [3.63, 3.8) is 0 Å². The molecule has 1 atom stereocenters. The summed E-state index contributed by atoms with van der Waals surface area (Å²) in [5.74, 6) is 0.540. The fourth-order valence-corrected chi connectivity index (χ4v) is 4.24. The van der Waals surface area contributed by atoms with E-state index >= 15 is 0 Å². The summed E-state index contributed by atoms with van der Waals surface area (Å²) in [4.78, 5) is 29.4. The lowest BCUT2D eigenvalue weighted by molar-refractivity contribution is -0.192. The van der Waals surface area contributed by atoms with E-state index in [1.54, 1.807) is 36.3 Å². The second-order valence-corrected chi connectivity index (χ2v) is 8.52. The number of hydrogen-bond acceptors (Lipinski definition) is 6. The van der Waals surface area contributed by atoms with Crippen molar-refractivity contribution >= 4 is 11.8 Å². The first-order valence-corrected chi connectivity index (χ1v) is 10.5. The van der Waals surface area contributed by atoms with Gasteiger partial charge in [0.2, 0.25) is 5.91 Å². The number of ether oxygens (including phenoxy) is 2. The monoisotopic (exact) mass is 412 g/mol. The van der Waals surface area contributed by atoms with E-state index in [-0.39, 0.29) is 17.9 Å². The standard InChI is InChI=1S/C22H28N4O4/c1-29-8-7-24-20(27)19-12-30-22(13-25(19)11-16-5-6-16)14-26(15-22)21(28)18-4-2-3-17(9-18)10-23/h2-4,9,16,19H,5-8,11-15H2,1H3,(H,24,27). The van der Waals surface area contributed by atoms with Crippen LogP contribution in [0.25, 0.3) is 0 Å². The molecule has 0 bridgehead atoms. The Morgan fingerprint density at radius 3 is 2.83 bits per heavy atom. The van der Waals surface area contributed by atoms with E-state index in [9.17, 15) is 9.59 Å². The Balaban J connectivity index is 1.37. The van der Waals surface area contributed by atoms with Gasteiger partial charge < -0.3 is 19.7 Å². The molecule has 3 fully saturated rings. The van der Waals surface area contributed by atoms with Gasteiger partial charge in [0.1, 0.15) is 11.6 Å². The van der Waals surface area contributed by atoms with E-state index in [4.69, 9.17) is 14.7 Å². The van der Waals surface area contributed by atoms with Crippen molar-refractivity contribution in [2.75, 3.05) is 53.0 Å². The maximum absolute atomic E-state index is 12.8. The van der Waals surface area contributed by atoms with E-state index in [0.717, 1.165) is 6.54 Å². The van der Waals surface area contributed by atoms with E-state index in [1.165, 1.54) is 12.8 Å². The predicted octanol–water partition coefficient (Wildman–Crippen LogP) is 0.626. The molecule has 0 radical (unpaired) electrons. The second kappa shape index (κ2) is 8.72. The molecule has 1 saturated carbocycles. The molecular weight excluding hydrogens is 384 g/mol. The maximum atomic E-state index is 12.8. The van der Waals surface area contributed by atoms with E-state index in [0.29, 0.717) is 56.4 Å². The van der Waals surface area contributed by atoms with Crippen LogP contribution in [-0.4, -0.2) is 86.3 Å². The number of carbonyl (C=O) groups excluding carboxylic acids is 2. The minimum Gasteiger partial charge on any atom is -0.383 e. The first kappa shape index (κ1) is 20.8. The van der Waals surface area contributed by atoms with E-state index in [2.05, 4.69) is 16.3 Å². The Kier molecular flexibility index (Phi) is 6.04. The Morgan fingerprint density at radius 2 is 2.13 bits per heavy atom. The number of carbonyl (C=O) groups is 2. The van der Waals surface area contributed by atoms with E-state index < -0.39 is 5.60 Å². The average molecular weight is 412 g/mol. The highest BCUT2D eigenvalue weighted by Crippen LogP contribution is 2.36. The molecule has 4 rings (SSSR count). The summed E-state index contributed by atoms with van der Waals surface area (Å²) in [6, 6.07) is 8.53. The largest absolute Gasteiger partial charge is 0.383 e. The number of likely N-dealkylation sites (tertiary alicyclic amines) is 1. The van der Waals surface area contributed by atoms with Crippen LogP contribution in [0.5, 0.6) is 0 Å². The number of morpholine rings is 1. The van der Waals surface area contributed by atoms with Crippen molar-refractivity contribution in [3.8, 4) is 6.07 Å². The van der Waals surface area contributed by atoms with Crippen LogP contribution in [0.2, 0.25) is 0 Å². The molecule has 2 saturated heterocycles. The molecule has 2 aliphatic heterocycles. The van der Waals surface area contributed by atoms with Gasteiger partial charge >= 0.3 is 0 Å².